The molecule has 1 rings (SSSR count). The van der Waals surface area contributed by atoms with Crippen LogP contribution in [-0.2, 0) is 0 Å². The van der Waals surface area contributed by atoms with Gasteiger partial charge in [-0.05, 0) is 41.0 Å². The molecule has 19 heavy (non-hydrogen) atoms. The van der Waals surface area contributed by atoms with Crippen molar-refractivity contribution in [3.63, 3.8) is 0 Å². The zero-order valence-corrected chi connectivity index (χ0v) is 13.0. The molecule has 1 aromatic heterocycles. The number of hydrogen-bond donors (Lipinski definition) is 2. The fourth-order valence-electron chi connectivity index (χ4n) is 1.58. The third-order valence-electron chi connectivity index (χ3n) is 2.64. The van der Waals surface area contributed by atoms with Gasteiger partial charge in [-0.25, -0.2) is 9.97 Å². The predicted octanol–water partition coefficient (Wildman–Crippen LogP) is 2.25. The quantitative estimate of drug-likeness (QED) is 0.854. The van der Waals surface area contributed by atoms with E-state index in [1.807, 2.05) is 27.0 Å². The molecule has 3 N–H and O–H groups in total. The van der Waals surface area contributed by atoms with Crippen molar-refractivity contribution in [2.75, 3.05) is 23.8 Å². The second kappa shape index (κ2) is 5.74. The summed E-state index contributed by atoms with van der Waals surface area (Å²) in [5.74, 6) is 1.75. The van der Waals surface area contributed by atoms with E-state index in [-0.39, 0.29) is 11.1 Å². The van der Waals surface area contributed by atoms with Crippen LogP contribution in [0.25, 0.3) is 0 Å². The van der Waals surface area contributed by atoms with Gasteiger partial charge in [0.2, 0.25) is 0 Å². The minimum absolute atomic E-state index is 0.0105. The van der Waals surface area contributed by atoms with Gasteiger partial charge in [0.05, 0.1) is 0 Å². The van der Waals surface area contributed by atoms with Crippen molar-refractivity contribution >= 4 is 11.6 Å². The Morgan fingerprint density at radius 3 is 2.37 bits per heavy atom. The Kier molecular flexibility index (Phi) is 4.74. The van der Waals surface area contributed by atoms with Crippen LogP contribution in [0, 0.1) is 0 Å². The molecule has 0 aliphatic rings. The van der Waals surface area contributed by atoms with Crippen LogP contribution in [0.2, 0.25) is 0 Å². The largest absolute Gasteiger partial charge is 0.365 e. The van der Waals surface area contributed by atoms with E-state index >= 15 is 0 Å². The Labute approximate surface area is 116 Å². The molecule has 0 atom stereocenters. The van der Waals surface area contributed by atoms with E-state index in [0.29, 0.717) is 0 Å². The summed E-state index contributed by atoms with van der Waals surface area (Å²) in [6.45, 7) is 11.3. The molecule has 0 aromatic carbocycles. The number of nitrogens with one attached hydrogen (secondary N) is 1. The van der Waals surface area contributed by atoms with Crippen molar-refractivity contribution in [2.45, 2.75) is 52.1 Å². The van der Waals surface area contributed by atoms with Crippen LogP contribution in [0.15, 0.2) is 12.4 Å². The normalized spacial score (nSPS) is 12.4. The minimum Gasteiger partial charge on any atom is -0.365 e. The summed E-state index contributed by atoms with van der Waals surface area (Å²) in [4.78, 5) is 10.6. The van der Waals surface area contributed by atoms with Gasteiger partial charge in [-0.3, -0.25) is 0 Å². The molecule has 5 nitrogen and oxygen atoms in total. The van der Waals surface area contributed by atoms with Crippen molar-refractivity contribution in [1.29, 1.82) is 0 Å². The minimum atomic E-state index is -0.159. The van der Waals surface area contributed by atoms with Gasteiger partial charge >= 0.3 is 0 Å². The van der Waals surface area contributed by atoms with Crippen LogP contribution in [0.5, 0.6) is 0 Å². The molecule has 1 heterocycles. The van der Waals surface area contributed by atoms with E-state index in [1.165, 1.54) is 0 Å². The van der Waals surface area contributed by atoms with Gasteiger partial charge in [0.15, 0.2) is 0 Å². The lowest BCUT2D eigenvalue weighted by Gasteiger charge is -2.25. The lowest BCUT2D eigenvalue weighted by molar-refractivity contribution is 0.478. The Morgan fingerprint density at radius 1 is 1.21 bits per heavy atom. The predicted molar refractivity (Wildman–Crippen MR) is 81.6 cm³/mol. The van der Waals surface area contributed by atoms with E-state index in [2.05, 4.69) is 41.0 Å². The van der Waals surface area contributed by atoms with Gasteiger partial charge < -0.3 is 16.0 Å². The summed E-state index contributed by atoms with van der Waals surface area (Å²) in [5.41, 5.74) is 5.83. The second-order valence-corrected chi connectivity index (χ2v) is 6.80. The molecule has 0 radical (unpaired) electrons. The third-order valence-corrected chi connectivity index (χ3v) is 2.64. The van der Waals surface area contributed by atoms with Crippen molar-refractivity contribution in [1.82, 2.24) is 9.97 Å². The third kappa shape index (κ3) is 6.38. The highest BCUT2D eigenvalue weighted by Gasteiger charge is 2.14. The molecular weight excluding hydrogens is 238 g/mol. The van der Waals surface area contributed by atoms with E-state index in [0.717, 1.165) is 24.6 Å². The molecule has 5 heteroatoms. The van der Waals surface area contributed by atoms with E-state index in [4.69, 9.17) is 5.73 Å². The Morgan fingerprint density at radius 2 is 1.84 bits per heavy atom. The van der Waals surface area contributed by atoms with Crippen molar-refractivity contribution < 1.29 is 0 Å². The summed E-state index contributed by atoms with van der Waals surface area (Å²) >= 11 is 0. The Hall–Kier alpha value is -1.36. The standard InChI is InChI=1S/C14H27N5/c1-13(2,3)18-11-9-12(17-10-16-11)19(6)8-7-14(4,5)15/h9-10H,7-8,15H2,1-6H3,(H,16,17,18). The van der Waals surface area contributed by atoms with Crippen LogP contribution in [0.4, 0.5) is 11.6 Å². The molecule has 0 saturated carbocycles. The molecule has 0 bridgehead atoms. The average molecular weight is 265 g/mol. The van der Waals surface area contributed by atoms with Gasteiger partial charge in [0.1, 0.15) is 18.0 Å². The maximum Gasteiger partial charge on any atom is 0.133 e. The van der Waals surface area contributed by atoms with Crippen LogP contribution in [0.3, 0.4) is 0 Å². The Balaban J connectivity index is 2.70. The zero-order valence-electron chi connectivity index (χ0n) is 13.0. The van der Waals surface area contributed by atoms with Gasteiger partial charge in [-0.1, -0.05) is 0 Å². The molecule has 0 spiro atoms. The highest BCUT2D eigenvalue weighted by molar-refractivity contribution is 5.48. The number of hydrogen-bond acceptors (Lipinski definition) is 5. The van der Waals surface area contributed by atoms with Crippen molar-refractivity contribution in [3.8, 4) is 0 Å². The molecule has 0 aliphatic carbocycles. The highest BCUT2D eigenvalue weighted by Crippen LogP contribution is 2.17. The number of nitrogens with zero attached hydrogens (tertiary/aromatic N) is 3. The first kappa shape index (κ1) is 15.7. The van der Waals surface area contributed by atoms with Gasteiger partial charge in [0.25, 0.3) is 0 Å². The van der Waals surface area contributed by atoms with Crippen LogP contribution >= 0.6 is 0 Å². The molecule has 0 aliphatic heterocycles. The van der Waals surface area contributed by atoms with Gasteiger partial charge in [-0.2, -0.15) is 0 Å². The number of nitrogens with two attached hydrogens (primary N) is 1. The first-order chi connectivity index (χ1) is 8.57. The van der Waals surface area contributed by atoms with E-state index in [1.54, 1.807) is 6.33 Å². The fourth-order valence-corrected chi connectivity index (χ4v) is 1.58. The fraction of sp³-hybridized carbons (Fsp3) is 0.714. The summed E-state index contributed by atoms with van der Waals surface area (Å²) in [7, 11) is 2.02. The average Bonchev–Trinajstić information content (AvgIpc) is 2.23. The number of rotatable bonds is 5. The summed E-state index contributed by atoms with van der Waals surface area (Å²) < 4.78 is 0. The first-order valence-electron chi connectivity index (χ1n) is 6.67. The lowest BCUT2D eigenvalue weighted by Crippen LogP contribution is -2.36. The topological polar surface area (TPSA) is 67.1 Å². The van der Waals surface area contributed by atoms with Crippen molar-refractivity contribution in [2.24, 2.45) is 5.73 Å². The summed E-state index contributed by atoms with van der Waals surface area (Å²) in [6.07, 6.45) is 2.50. The molecule has 0 saturated heterocycles. The van der Waals surface area contributed by atoms with E-state index in [9.17, 15) is 0 Å². The van der Waals surface area contributed by atoms with E-state index < -0.39 is 0 Å². The maximum absolute atomic E-state index is 6.00. The van der Waals surface area contributed by atoms with Crippen LogP contribution < -0.4 is 16.0 Å². The SMILES string of the molecule is CN(CCC(C)(C)N)c1cc(NC(C)(C)C)ncn1. The van der Waals surface area contributed by atoms with Gasteiger partial charge in [0, 0.05) is 30.7 Å². The monoisotopic (exact) mass is 265 g/mol. The van der Waals surface area contributed by atoms with Crippen LogP contribution in [-0.4, -0.2) is 34.6 Å². The lowest BCUT2D eigenvalue weighted by atomic mass is 10.0. The molecule has 108 valence electrons. The van der Waals surface area contributed by atoms with Gasteiger partial charge in [-0.15, -0.1) is 0 Å². The highest BCUT2D eigenvalue weighted by atomic mass is 15.2. The number of aromatic nitrogens is 2. The zero-order chi connectivity index (χ0) is 14.7. The van der Waals surface area contributed by atoms with Crippen molar-refractivity contribution in [3.05, 3.63) is 12.4 Å². The molecule has 0 fully saturated rings. The Bertz CT molecular complexity index is 403. The van der Waals surface area contributed by atoms with Crippen LogP contribution in [0.1, 0.15) is 41.0 Å². The molecule has 0 amide bonds. The second-order valence-electron chi connectivity index (χ2n) is 6.80. The first-order valence-corrected chi connectivity index (χ1v) is 6.67. The number of anilines is 2. The molecular formula is C14H27N5. The summed E-state index contributed by atoms with van der Waals surface area (Å²) in [5, 5.41) is 3.35. The molecule has 1 aromatic rings. The smallest absolute Gasteiger partial charge is 0.133 e. The molecule has 0 unspecified atom stereocenters. The maximum atomic E-state index is 6.00. The summed E-state index contributed by atoms with van der Waals surface area (Å²) in [6, 6.07) is 1.97.